The number of fused-ring (bicyclic) bond motifs is 2. The summed E-state index contributed by atoms with van der Waals surface area (Å²) in [6.45, 7) is -2.18. The van der Waals surface area contributed by atoms with Crippen molar-refractivity contribution < 1.29 is 156 Å². The fourth-order valence-corrected chi connectivity index (χ4v) is 9.21. The Morgan fingerprint density at radius 3 is 1.71 bits per heavy atom. The van der Waals surface area contributed by atoms with Crippen LogP contribution in [0.25, 0.3) is 0 Å². The van der Waals surface area contributed by atoms with Crippen molar-refractivity contribution in [3.05, 3.63) is 11.8 Å². The van der Waals surface area contributed by atoms with Crippen molar-refractivity contribution in [3.63, 3.8) is 0 Å². The van der Waals surface area contributed by atoms with E-state index < -0.39 is 193 Å². The number of aliphatic hydroxyl groups excluding tert-OH is 4. The van der Waals surface area contributed by atoms with E-state index in [4.69, 9.17) is 37.9 Å². The Labute approximate surface area is 363 Å². The van der Waals surface area contributed by atoms with E-state index in [1.54, 1.807) is 4.72 Å². The SMILES string of the molecule is O=C(O)C1=C[C@H](O)[C@@H](OS(=O)(=O)O)[C@H](O[C@H]2[C@H](O)[C@@H](NS(=O)(=O)O)[C@@H](O[C@H]3[C@H](O)[C@@H](OS(=O)(=O)O)[C@H](O[C@H]4[C@H](O)[C@H](NS(=O)(=O)O)[C@@H]5OC[C@H]4O5)O[C@H]3C(=O)O)O[C@@H]2COS(=O)(=O)O)O1. The van der Waals surface area contributed by atoms with E-state index in [2.05, 4.69) is 12.5 Å². The van der Waals surface area contributed by atoms with Crippen LogP contribution >= 0.6 is 0 Å². The standard InChI is InChI=1S/C24H36N2O34S5/c27-4-1-5(19(31)32)52-23(13(4)59-64(44,45)46)55-15-7(3-51-63(41,42)43)54-22(9(11(15)29)26-62(38,39)40)57-16-12(30)17(60-65(47,48)49)24(58-18(16)20(33)34)56-14-6-2-50-21(53-6)8(10(14)28)25-61(35,36)37/h1,4,6-18,21-30H,2-3H2,(H,31,32)(H,33,34)(H,35,36,37)(H,38,39,40)(H,41,42,43)(H,44,45,46)(H,47,48,49)/t4-,6+,7+,8-,9+,10+,11+,12-,13+,14+,15+,16-,17+,18+,21+,22+,23-,24+/m0/s1. The Kier molecular flexibility index (Phi) is 16.2. The predicted octanol–water partition coefficient (Wildman–Crippen LogP) is -9.08. The summed E-state index contributed by atoms with van der Waals surface area (Å²) < 4.78 is 223. The van der Waals surface area contributed by atoms with Gasteiger partial charge in [0, 0.05) is 0 Å². The van der Waals surface area contributed by atoms with Gasteiger partial charge < -0.3 is 68.5 Å². The molecule has 5 rings (SSSR count). The number of hydrogen-bond donors (Lipinski definition) is 13. The first-order valence-electron chi connectivity index (χ1n) is 17.1. The molecule has 2 bridgehead atoms. The van der Waals surface area contributed by atoms with Crippen molar-refractivity contribution >= 4 is 63.7 Å². The minimum absolute atomic E-state index is 0.309. The van der Waals surface area contributed by atoms with Crippen LogP contribution in [-0.4, -0.2) is 231 Å². The average Bonchev–Trinajstić information content (AvgIpc) is 3.58. The second-order valence-electron chi connectivity index (χ2n) is 13.7. The third-order valence-corrected chi connectivity index (χ3v) is 11.7. The van der Waals surface area contributed by atoms with Crippen LogP contribution in [0.1, 0.15) is 0 Å². The lowest BCUT2D eigenvalue weighted by molar-refractivity contribution is -0.357. The highest BCUT2D eigenvalue weighted by Gasteiger charge is 2.59. The molecule has 0 spiro atoms. The molecule has 0 aromatic carbocycles. The third-order valence-electron chi connectivity index (χ3n) is 9.21. The second kappa shape index (κ2) is 19.8. The molecular weight excluding hydrogens is 1020 g/mol. The number of ether oxygens (including phenoxy) is 8. The summed E-state index contributed by atoms with van der Waals surface area (Å²) in [6, 6.07) is -4.62. The van der Waals surface area contributed by atoms with Gasteiger partial charge in [-0.25, -0.2) is 22.1 Å². The summed E-state index contributed by atoms with van der Waals surface area (Å²) >= 11 is 0. The van der Waals surface area contributed by atoms with Crippen molar-refractivity contribution in [2.75, 3.05) is 13.2 Å². The molecule has 4 fully saturated rings. The van der Waals surface area contributed by atoms with Crippen molar-refractivity contribution in [2.24, 2.45) is 0 Å². The zero-order chi connectivity index (χ0) is 48.9. The van der Waals surface area contributed by atoms with Crippen molar-refractivity contribution in [1.82, 2.24) is 9.44 Å². The van der Waals surface area contributed by atoms with E-state index in [9.17, 15) is 105 Å². The van der Waals surface area contributed by atoms with Crippen LogP contribution < -0.4 is 9.44 Å². The highest BCUT2D eigenvalue weighted by molar-refractivity contribution is 7.84. The van der Waals surface area contributed by atoms with E-state index in [0.717, 1.165) is 0 Å². The van der Waals surface area contributed by atoms with E-state index in [1.807, 2.05) is 0 Å². The zero-order valence-corrected chi connectivity index (χ0v) is 35.3. The van der Waals surface area contributed by atoms with Gasteiger partial charge in [0.05, 0.1) is 13.2 Å². The number of aliphatic carboxylic acids is 2. The summed E-state index contributed by atoms with van der Waals surface area (Å²) in [5, 5.41) is 63.9. The van der Waals surface area contributed by atoms with E-state index in [-0.39, 0.29) is 0 Å². The minimum atomic E-state index is -5.82. The van der Waals surface area contributed by atoms with E-state index in [0.29, 0.717) is 6.08 Å². The van der Waals surface area contributed by atoms with Gasteiger partial charge in [0.25, 0.3) is 0 Å². The number of carboxylic acids is 2. The molecule has 0 aliphatic carbocycles. The molecule has 0 unspecified atom stereocenters. The lowest BCUT2D eigenvalue weighted by atomic mass is 9.95. The molecule has 41 heteroatoms. The molecule has 18 atom stereocenters. The number of hydrogen-bond acceptors (Lipinski definition) is 27. The van der Waals surface area contributed by atoms with Crippen LogP contribution in [0, 0.1) is 0 Å². The lowest BCUT2D eigenvalue weighted by Gasteiger charge is -2.49. The molecule has 65 heavy (non-hydrogen) atoms. The van der Waals surface area contributed by atoms with Gasteiger partial charge in [0.1, 0.15) is 67.0 Å². The van der Waals surface area contributed by atoms with E-state index >= 15 is 0 Å². The van der Waals surface area contributed by atoms with Crippen LogP contribution in [0.3, 0.4) is 0 Å². The Morgan fingerprint density at radius 2 is 1.17 bits per heavy atom. The first kappa shape index (κ1) is 53.3. The third kappa shape index (κ3) is 14.0. The minimum Gasteiger partial charge on any atom is -0.479 e. The molecule has 0 amide bonds. The summed E-state index contributed by atoms with van der Waals surface area (Å²) in [7, 11) is -27.9. The Morgan fingerprint density at radius 1 is 0.631 bits per heavy atom. The predicted molar refractivity (Wildman–Crippen MR) is 186 cm³/mol. The van der Waals surface area contributed by atoms with Gasteiger partial charge in [-0.2, -0.15) is 51.5 Å². The fourth-order valence-electron chi connectivity index (χ4n) is 6.75. The molecule has 4 saturated heterocycles. The molecule has 5 aliphatic heterocycles. The normalized spacial score (nSPS) is 39.6. The quantitative estimate of drug-likeness (QED) is 0.0534. The maximum Gasteiger partial charge on any atom is 0.397 e. The highest BCUT2D eigenvalue weighted by atomic mass is 32.3. The molecular formula is C24H36N2O34S5. The van der Waals surface area contributed by atoms with Gasteiger partial charge in [-0.15, -0.1) is 0 Å². The maximum atomic E-state index is 12.6. The molecule has 0 aromatic rings. The van der Waals surface area contributed by atoms with Gasteiger partial charge in [-0.1, -0.05) is 0 Å². The monoisotopic (exact) mass is 1060 g/mol. The number of rotatable bonds is 19. The van der Waals surface area contributed by atoms with E-state index in [1.165, 1.54) is 4.72 Å². The molecule has 0 saturated carbocycles. The van der Waals surface area contributed by atoms with Gasteiger partial charge >= 0.3 is 63.7 Å². The van der Waals surface area contributed by atoms with Crippen LogP contribution in [-0.2, 0) is 112 Å². The molecule has 36 nitrogen and oxygen atoms in total. The van der Waals surface area contributed by atoms with Crippen LogP contribution in [0.15, 0.2) is 11.8 Å². The number of carbonyl (C=O) groups is 2. The Bertz CT molecular complexity index is 2360. The zero-order valence-electron chi connectivity index (χ0n) is 31.2. The Balaban J connectivity index is 1.52. The van der Waals surface area contributed by atoms with Crippen LogP contribution in [0.2, 0.25) is 0 Å². The molecule has 5 aliphatic rings. The average molecular weight is 1060 g/mol. The van der Waals surface area contributed by atoms with Gasteiger partial charge in [0.15, 0.2) is 37.2 Å². The first-order chi connectivity index (χ1) is 29.6. The summed E-state index contributed by atoms with van der Waals surface area (Å²) in [5.41, 5.74) is 0. The Hall–Kier alpha value is -2.61. The molecule has 13 N–H and O–H groups in total. The van der Waals surface area contributed by atoms with Gasteiger partial charge in [0.2, 0.25) is 12.0 Å². The first-order valence-corrected chi connectivity index (χ1v) is 24.1. The summed E-state index contributed by atoms with van der Waals surface area (Å²) in [5.74, 6) is -5.46. The fraction of sp³-hybridized carbons (Fsp3) is 0.833. The largest absolute Gasteiger partial charge is 0.479 e. The smallest absolute Gasteiger partial charge is 0.397 e. The highest BCUT2D eigenvalue weighted by Crippen LogP contribution is 2.37. The number of aliphatic hydroxyl groups is 4. The number of carboxylic acid groups (broad SMARTS) is 2. The molecule has 0 aromatic heterocycles. The summed E-state index contributed by atoms with van der Waals surface area (Å²) in [6.07, 6.45) is -39.1. The lowest BCUT2D eigenvalue weighted by Crippen LogP contribution is -2.70. The number of nitrogens with one attached hydrogen (secondary N) is 2. The van der Waals surface area contributed by atoms with Gasteiger partial charge in [-0.05, 0) is 6.08 Å². The molecule has 5 heterocycles. The topological polar surface area (TPSA) is 553 Å². The maximum absolute atomic E-state index is 12.6. The van der Waals surface area contributed by atoms with Crippen LogP contribution in [0.5, 0.6) is 0 Å². The summed E-state index contributed by atoms with van der Waals surface area (Å²) in [4.78, 5) is 24.3. The van der Waals surface area contributed by atoms with Crippen molar-refractivity contribution in [3.8, 4) is 0 Å². The van der Waals surface area contributed by atoms with Crippen LogP contribution in [0.4, 0.5) is 0 Å². The molecule has 0 radical (unpaired) electrons. The van der Waals surface area contributed by atoms with Gasteiger partial charge in [-0.3, -0.25) is 22.8 Å². The van der Waals surface area contributed by atoms with Crippen molar-refractivity contribution in [1.29, 1.82) is 0 Å². The second-order valence-corrected chi connectivity index (χ2v) is 19.3. The van der Waals surface area contributed by atoms with Crippen molar-refractivity contribution in [2.45, 2.75) is 110 Å². The molecule has 376 valence electrons.